The quantitative estimate of drug-likeness (QED) is 0.693. The van der Waals surface area contributed by atoms with Gasteiger partial charge < -0.3 is 14.8 Å². The average molecular weight is 373 g/mol. The molecule has 0 radical (unpaired) electrons. The lowest BCUT2D eigenvalue weighted by molar-refractivity contribution is 0.102. The first-order valence-corrected chi connectivity index (χ1v) is 9.62. The molecule has 4 nitrogen and oxygen atoms in total. The molecule has 1 heterocycles. The van der Waals surface area contributed by atoms with E-state index in [-0.39, 0.29) is 5.91 Å². The molecular formula is C24H23NO3. The van der Waals surface area contributed by atoms with E-state index in [1.54, 1.807) is 0 Å². The molecule has 0 saturated heterocycles. The fraction of sp³-hybridized carbons (Fsp3) is 0.208. The maximum Gasteiger partial charge on any atom is 0.255 e. The van der Waals surface area contributed by atoms with Crippen molar-refractivity contribution in [3.05, 3.63) is 89.5 Å². The van der Waals surface area contributed by atoms with E-state index < -0.39 is 0 Å². The van der Waals surface area contributed by atoms with Crippen molar-refractivity contribution in [2.75, 3.05) is 18.5 Å². The van der Waals surface area contributed by atoms with E-state index in [0.29, 0.717) is 30.2 Å². The average Bonchev–Trinajstić information content (AvgIpc) is 2.98. The monoisotopic (exact) mass is 373 g/mol. The number of hydrogen-bond acceptors (Lipinski definition) is 3. The summed E-state index contributed by atoms with van der Waals surface area (Å²) in [5.41, 5.74) is 3.71. The zero-order chi connectivity index (χ0) is 19.2. The van der Waals surface area contributed by atoms with Gasteiger partial charge in [0.25, 0.3) is 5.91 Å². The molecule has 4 rings (SSSR count). The maximum atomic E-state index is 12.9. The number of carbonyl (C=O) groups is 1. The number of ether oxygens (including phenoxy) is 2. The summed E-state index contributed by atoms with van der Waals surface area (Å²) in [5.74, 6) is 1.28. The van der Waals surface area contributed by atoms with Crippen LogP contribution in [-0.2, 0) is 12.8 Å². The fourth-order valence-corrected chi connectivity index (χ4v) is 3.32. The normalized spacial score (nSPS) is 12.9. The van der Waals surface area contributed by atoms with Crippen LogP contribution in [0, 0.1) is 0 Å². The van der Waals surface area contributed by atoms with Gasteiger partial charge >= 0.3 is 0 Å². The highest BCUT2D eigenvalue weighted by atomic mass is 16.5. The van der Waals surface area contributed by atoms with Gasteiger partial charge in [-0.15, -0.1) is 0 Å². The lowest BCUT2D eigenvalue weighted by Crippen LogP contribution is -2.14. The molecule has 28 heavy (non-hydrogen) atoms. The number of rotatable bonds is 5. The minimum absolute atomic E-state index is 0.113. The van der Waals surface area contributed by atoms with E-state index >= 15 is 0 Å². The minimum atomic E-state index is -0.113. The van der Waals surface area contributed by atoms with Crippen LogP contribution in [-0.4, -0.2) is 19.1 Å². The Labute approximate surface area is 165 Å². The third-order valence-corrected chi connectivity index (χ3v) is 4.79. The van der Waals surface area contributed by atoms with Crippen LogP contribution < -0.4 is 14.8 Å². The Morgan fingerprint density at radius 2 is 1.57 bits per heavy atom. The molecule has 0 aliphatic carbocycles. The van der Waals surface area contributed by atoms with Crippen molar-refractivity contribution in [3.63, 3.8) is 0 Å². The summed E-state index contributed by atoms with van der Waals surface area (Å²) in [6.07, 6.45) is 2.56. The number of carbonyl (C=O) groups excluding carboxylic acids is 1. The number of amides is 1. The van der Waals surface area contributed by atoms with Gasteiger partial charge in [-0.3, -0.25) is 4.79 Å². The van der Waals surface area contributed by atoms with Crippen molar-refractivity contribution < 1.29 is 14.3 Å². The molecule has 1 amide bonds. The first kappa shape index (κ1) is 18.1. The summed E-state index contributed by atoms with van der Waals surface area (Å²) in [6.45, 7) is 1.26. The Kier molecular flexibility index (Phi) is 5.57. The third-order valence-electron chi connectivity index (χ3n) is 4.79. The summed E-state index contributed by atoms with van der Waals surface area (Å²) in [6, 6.07) is 23.6. The zero-order valence-electron chi connectivity index (χ0n) is 15.7. The van der Waals surface area contributed by atoms with Gasteiger partial charge in [0.2, 0.25) is 0 Å². The van der Waals surface area contributed by atoms with Crippen molar-refractivity contribution in [2.45, 2.75) is 19.3 Å². The largest absolute Gasteiger partial charge is 0.490 e. The molecule has 0 unspecified atom stereocenters. The van der Waals surface area contributed by atoms with Gasteiger partial charge in [0, 0.05) is 23.7 Å². The van der Waals surface area contributed by atoms with Gasteiger partial charge in [-0.2, -0.15) is 0 Å². The summed E-state index contributed by atoms with van der Waals surface area (Å²) in [7, 11) is 0. The number of aryl methyl sites for hydroxylation is 2. The predicted octanol–water partition coefficient (Wildman–Crippen LogP) is 4.89. The summed E-state index contributed by atoms with van der Waals surface area (Å²) >= 11 is 0. The van der Waals surface area contributed by atoms with Crippen molar-refractivity contribution >= 4 is 11.6 Å². The van der Waals surface area contributed by atoms with Crippen LogP contribution in [0.5, 0.6) is 11.5 Å². The Bertz CT molecular complexity index is 953. The summed E-state index contributed by atoms with van der Waals surface area (Å²) in [4.78, 5) is 12.9. The smallest absolute Gasteiger partial charge is 0.255 e. The molecule has 0 saturated carbocycles. The van der Waals surface area contributed by atoms with E-state index in [1.165, 1.54) is 5.56 Å². The van der Waals surface area contributed by atoms with E-state index in [0.717, 1.165) is 30.6 Å². The van der Waals surface area contributed by atoms with Crippen LogP contribution in [0.4, 0.5) is 5.69 Å². The number of hydrogen-bond donors (Lipinski definition) is 1. The lowest BCUT2D eigenvalue weighted by Gasteiger charge is -2.12. The van der Waals surface area contributed by atoms with Gasteiger partial charge in [0.05, 0.1) is 13.2 Å². The SMILES string of the molecule is O=C(Nc1ccc2c(c1)OCCCO2)c1ccccc1CCc1ccccc1. The van der Waals surface area contributed by atoms with Gasteiger partial charge in [-0.1, -0.05) is 48.5 Å². The fourth-order valence-electron chi connectivity index (χ4n) is 3.32. The van der Waals surface area contributed by atoms with E-state index in [9.17, 15) is 4.79 Å². The van der Waals surface area contributed by atoms with Crippen LogP contribution in [0.25, 0.3) is 0 Å². The zero-order valence-corrected chi connectivity index (χ0v) is 15.7. The minimum Gasteiger partial charge on any atom is -0.490 e. The van der Waals surface area contributed by atoms with Crippen LogP contribution >= 0.6 is 0 Å². The second-order valence-electron chi connectivity index (χ2n) is 6.81. The predicted molar refractivity (Wildman–Crippen MR) is 110 cm³/mol. The highest BCUT2D eigenvalue weighted by Crippen LogP contribution is 2.32. The molecule has 0 aromatic heterocycles. The molecular weight excluding hydrogens is 350 g/mol. The Balaban J connectivity index is 1.48. The first-order valence-electron chi connectivity index (χ1n) is 9.62. The van der Waals surface area contributed by atoms with Crippen molar-refractivity contribution in [1.29, 1.82) is 0 Å². The van der Waals surface area contributed by atoms with Crippen molar-refractivity contribution in [3.8, 4) is 11.5 Å². The van der Waals surface area contributed by atoms with Gasteiger partial charge in [0.15, 0.2) is 11.5 Å². The molecule has 142 valence electrons. The van der Waals surface area contributed by atoms with Gasteiger partial charge in [0.1, 0.15) is 0 Å². The molecule has 3 aromatic carbocycles. The Hall–Kier alpha value is -3.27. The number of fused-ring (bicyclic) bond motifs is 1. The van der Waals surface area contributed by atoms with E-state index in [4.69, 9.17) is 9.47 Å². The van der Waals surface area contributed by atoms with Gasteiger partial charge in [-0.05, 0) is 42.2 Å². The Morgan fingerprint density at radius 1 is 0.821 bits per heavy atom. The highest BCUT2D eigenvalue weighted by Gasteiger charge is 2.14. The van der Waals surface area contributed by atoms with Crippen molar-refractivity contribution in [2.24, 2.45) is 0 Å². The lowest BCUT2D eigenvalue weighted by atomic mass is 9.99. The molecule has 0 atom stereocenters. The molecule has 0 bridgehead atoms. The molecule has 1 N–H and O–H groups in total. The van der Waals surface area contributed by atoms with E-state index in [2.05, 4.69) is 17.4 Å². The summed E-state index contributed by atoms with van der Waals surface area (Å²) in [5, 5.41) is 2.99. The second-order valence-corrected chi connectivity index (χ2v) is 6.81. The molecule has 1 aliphatic rings. The molecule has 4 heteroatoms. The number of benzene rings is 3. The molecule has 3 aromatic rings. The van der Waals surface area contributed by atoms with Crippen LogP contribution in [0.2, 0.25) is 0 Å². The molecule has 1 aliphatic heterocycles. The number of nitrogens with one attached hydrogen (secondary N) is 1. The van der Waals surface area contributed by atoms with Crippen molar-refractivity contribution in [1.82, 2.24) is 0 Å². The van der Waals surface area contributed by atoms with Crippen LogP contribution in [0.3, 0.4) is 0 Å². The summed E-state index contributed by atoms with van der Waals surface area (Å²) < 4.78 is 11.4. The number of anilines is 1. The second kappa shape index (κ2) is 8.61. The topological polar surface area (TPSA) is 47.6 Å². The Morgan fingerprint density at radius 3 is 2.43 bits per heavy atom. The third kappa shape index (κ3) is 4.34. The first-order chi connectivity index (χ1) is 13.8. The van der Waals surface area contributed by atoms with Crippen LogP contribution in [0.15, 0.2) is 72.8 Å². The highest BCUT2D eigenvalue weighted by molar-refractivity contribution is 6.05. The molecule has 0 spiro atoms. The van der Waals surface area contributed by atoms with Gasteiger partial charge in [-0.25, -0.2) is 0 Å². The van der Waals surface area contributed by atoms with E-state index in [1.807, 2.05) is 60.7 Å². The molecule has 0 fully saturated rings. The maximum absolute atomic E-state index is 12.9. The van der Waals surface area contributed by atoms with Crippen LogP contribution in [0.1, 0.15) is 27.9 Å². The standard InChI is InChI=1S/C24H23NO3/c26-24(25-20-13-14-22-23(17-20)28-16-6-15-27-22)21-10-5-4-9-19(21)12-11-18-7-2-1-3-8-18/h1-5,7-10,13-14,17H,6,11-12,15-16H2,(H,25,26).